The summed E-state index contributed by atoms with van der Waals surface area (Å²) in [5.41, 5.74) is 3.30. The fourth-order valence-corrected chi connectivity index (χ4v) is 5.21. The average Bonchev–Trinajstić information content (AvgIpc) is 3.36. The maximum Gasteiger partial charge on any atom is 0.416 e. The second-order valence-electron chi connectivity index (χ2n) is 9.28. The Kier molecular flexibility index (Phi) is 6.26. The Balaban J connectivity index is 1.45. The van der Waals surface area contributed by atoms with Crippen LogP contribution >= 0.6 is 0 Å². The van der Waals surface area contributed by atoms with E-state index in [-0.39, 0.29) is 17.6 Å². The zero-order chi connectivity index (χ0) is 23.7. The lowest BCUT2D eigenvalue weighted by Gasteiger charge is -2.34. The van der Waals surface area contributed by atoms with Gasteiger partial charge in [-0.3, -0.25) is 0 Å². The second kappa shape index (κ2) is 9.34. The molecule has 0 aliphatic carbocycles. The number of halogens is 3. The third-order valence-electron chi connectivity index (χ3n) is 7.07. The summed E-state index contributed by atoms with van der Waals surface area (Å²) in [6.45, 7) is 3.76. The molecule has 0 bridgehead atoms. The summed E-state index contributed by atoms with van der Waals surface area (Å²) in [5.74, 6) is 0.527. The number of phenolic OH excluding ortho intramolecular Hbond substituents is 1. The van der Waals surface area contributed by atoms with Gasteiger partial charge >= 0.3 is 6.18 Å². The molecular weight excluding hydrogens is 439 g/mol. The third-order valence-corrected chi connectivity index (χ3v) is 7.07. The van der Waals surface area contributed by atoms with Crippen LogP contribution in [-0.2, 0) is 12.6 Å². The Labute approximate surface area is 197 Å². The van der Waals surface area contributed by atoms with Gasteiger partial charge in [0.05, 0.1) is 12.2 Å². The highest BCUT2D eigenvalue weighted by molar-refractivity contribution is 5.51. The predicted molar refractivity (Wildman–Crippen MR) is 125 cm³/mol. The fraction of sp³-hybridized carbons (Fsp3) is 0.357. The monoisotopic (exact) mass is 467 g/mol. The molecule has 6 heteroatoms. The van der Waals surface area contributed by atoms with Crippen LogP contribution < -0.4 is 4.74 Å². The normalized spacial score (nSPS) is 20.7. The molecule has 0 spiro atoms. The molecule has 2 atom stereocenters. The van der Waals surface area contributed by atoms with E-state index < -0.39 is 11.7 Å². The number of nitrogens with zero attached hydrogens (tertiary/aromatic N) is 1. The van der Waals surface area contributed by atoms with Crippen molar-refractivity contribution in [2.75, 3.05) is 26.2 Å². The van der Waals surface area contributed by atoms with Crippen molar-refractivity contribution in [2.24, 2.45) is 0 Å². The highest BCUT2D eigenvalue weighted by Gasteiger charge is 2.35. The molecule has 0 radical (unpaired) electrons. The van der Waals surface area contributed by atoms with Gasteiger partial charge in [0, 0.05) is 23.9 Å². The standard InChI is InChI=1S/C28H28F3NO2/c29-28(30,31)22-9-7-20(8-10-22)25-18-34-26-12-11-23(33)17-24(26)27(25)21-5-3-19(4-6-21)13-16-32-14-1-2-15-32/h3-12,17,25,27,33H,1-2,13-16,18H2. The molecule has 2 aliphatic rings. The van der Waals surface area contributed by atoms with E-state index >= 15 is 0 Å². The molecule has 0 saturated carbocycles. The van der Waals surface area contributed by atoms with Gasteiger partial charge in [0.2, 0.25) is 0 Å². The van der Waals surface area contributed by atoms with E-state index in [0.29, 0.717) is 12.4 Å². The van der Waals surface area contributed by atoms with Crippen LogP contribution in [0.15, 0.2) is 66.7 Å². The molecule has 2 aliphatic heterocycles. The number of alkyl halides is 3. The van der Waals surface area contributed by atoms with Gasteiger partial charge in [-0.2, -0.15) is 13.2 Å². The molecule has 1 fully saturated rings. The first-order valence-electron chi connectivity index (χ1n) is 11.8. The van der Waals surface area contributed by atoms with Crippen molar-refractivity contribution in [2.45, 2.75) is 37.3 Å². The van der Waals surface area contributed by atoms with Crippen LogP contribution in [0, 0.1) is 0 Å². The van der Waals surface area contributed by atoms with E-state index in [4.69, 9.17) is 4.74 Å². The quantitative estimate of drug-likeness (QED) is 0.474. The molecule has 3 nitrogen and oxygen atoms in total. The largest absolute Gasteiger partial charge is 0.508 e. The van der Waals surface area contributed by atoms with Gasteiger partial charge in [-0.15, -0.1) is 0 Å². The van der Waals surface area contributed by atoms with Crippen molar-refractivity contribution in [1.29, 1.82) is 0 Å². The number of rotatable bonds is 5. The second-order valence-corrected chi connectivity index (χ2v) is 9.28. The Morgan fingerprint density at radius 3 is 2.24 bits per heavy atom. The Morgan fingerprint density at radius 1 is 0.882 bits per heavy atom. The molecule has 0 aromatic heterocycles. The first-order valence-corrected chi connectivity index (χ1v) is 11.8. The summed E-state index contributed by atoms with van der Waals surface area (Å²) in [7, 11) is 0. The van der Waals surface area contributed by atoms with Crippen molar-refractivity contribution >= 4 is 0 Å². The number of hydrogen-bond donors (Lipinski definition) is 1. The third kappa shape index (κ3) is 4.78. The van der Waals surface area contributed by atoms with Gasteiger partial charge < -0.3 is 14.7 Å². The van der Waals surface area contributed by atoms with E-state index in [9.17, 15) is 18.3 Å². The van der Waals surface area contributed by atoms with Crippen LogP contribution in [0.4, 0.5) is 13.2 Å². The highest BCUT2D eigenvalue weighted by Crippen LogP contribution is 2.47. The smallest absolute Gasteiger partial charge is 0.416 e. The highest BCUT2D eigenvalue weighted by atomic mass is 19.4. The van der Waals surface area contributed by atoms with E-state index in [1.54, 1.807) is 30.3 Å². The molecule has 34 heavy (non-hydrogen) atoms. The van der Waals surface area contributed by atoms with Gasteiger partial charge in [0.1, 0.15) is 11.5 Å². The summed E-state index contributed by atoms with van der Waals surface area (Å²) >= 11 is 0. The minimum absolute atomic E-state index is 0.139. The molecule has 178 valence electrons. The summed E-state index contributed by atoms with van der Waals surface area (Å²) in [4.78, 5) is 2.49. The SMILES string of the molecule is Oc1ccc2c(c1)C(c1ccc(CCN3CCCC3)cc1)C(c1ccc(C(F)(F)F)cc1)CO2. The fourth-order valence-electron chi connectivity index (χ4n) is 5.21. The molecule has 3 aromatic carbocycles. The van der Waals surface area contributed by atoms with E-state index in [0.717, 1.165) is 41.8 Å². The maximum absolute atomic E-state index is 13.1. The molecule has 5 rings (SSSR count). The zero-order valence-corrected chi connectivity index (χ0v) is 18.9. The topological polar surface area (TPSA) is 32.7 Å². The Morgan fingerprint density at radius 2 is 1.56 bits per heavy atom. The van der Waals surface area contributed by atoms with Crippen molar-refractivity contribution in [3.8, 4) is 11.5 Å². The van der Waals surface area contributed by atoms with Crippen LogP contribution in [0.1, 0.15) is 52.5 Å². The van der Waals surface area contributed by atoms with E-state index in [2.05, 4.69) is 29.2 Å². The number of phenols is 1. The van der Waals surface area contributed by atoms with Crippen molar-refractivity contribution in [3.05, 3.63) is 94.5 Å². The number of ether oxygens (including phenoxy) is 1. The minimum atomic E-state index is -4.37. The zero-order valence-electron chi connectivity index (χ0n) is 18.9. The summed E-state index contributed by atoms with van der Waals surface area (Å²) in [5, 5.41) is 10.2. The first kappa shape index (κ1) is 22.8. The molecule has 2 unspecified atom stereocenters. The molecule has 0 amide bonds. The number of aromatic hydroxyl groups is 1. The van der Waals surface area contributed by atoms with Crippen molar-refractivity contribution in [1.82, 2.24) is 4.90 Å². The van der Waals surface area contributed by atoms with Gasteiger partial charge in [0.15, 0.2) is 0 Å². The number of likely N-dealkylation sites (tertiary alicyclic amines) is 1. The van der Waals surface area contributed by atoms with Gasteiger partial charge in [0.25, 0.3) is 0 Å². The van der Waals surface area contributed by atoms with Crippen LogP contribution in [0.3, 0.4) is 0 Å². The van der Waals surface area contributed by atoms with Crippen molar-refractivity contribution in [3.63, 3.8) is 0 Å². The molecular formula is C28H28F3NO2. The predicted octanol–water partition coefficient (Wildman–Crippen LogP) is 6.36. The van der Waals surface area contributed by atoms with Gasteiger partial charge in [-0.25, -0.2) is 0 Å². The van der Waals surface area contributed by atoms with Gasteiger partial charge in [-0.1, -0.05) is 36.4 Å². The lowest BCUT2D eigenvalue weighted by atomic mass is 9.75. The van der Waals surface area contributed by atoms with Crippen molar-refractivity contribution < 1.29 is 23.0 Å². The summed E-state index contributed by atoms with van der Waals surface area (Å²) in [6, 6.07) is 18.9. The van der Waals surface area contributed by atoms with Crippen LogP contribution in [0.25, 0.3) is 0 Å². The first-order chi connectivity index (χ1) is 16.4. The lowest BCUT2D eigenvalue weighted by molar-refractivity contribution is -0.137. The van der Waals surface area contributed by atoms with Crippen LogP contribution in [0.2, 0.25) is 0 Å². The van der Waals surface area contributed by atoms with Crippen LogP contribution in [-0.4, -0.2) is 36.2 Å². The number of hydrogen-bond acceptors (Lipinski definition) is 3. The van der Waals surface area contributed by atoms with Gasteiger partial charge in [-0.05, 0) is 79.4 Å². The number of benzene rings is 3. The molecule has 2 heterocycles. The Hall–Kier alpha value is -2.99. The summed E-state index contributed by atoms with van der Waals surface area (Å²) < 4.78 is 45.2. The molecule has 1 N–H and O–H groups in total. The average molecular weight is 468 g/mol. The lowest BCUT2D eigenvalue weighted by Crippen LogP contribution is -2.25. The van der Waals surface area contributed by atoms with E-state index in [1.807, 2.05) is 0 Å². The number of fused-ring (bicyclic) bond motifs is 1. The van der Waals surface area contributed by atoms with E-state index in [1.165, 1.54) is 31.5 Å². The summed E-state index contributed by atoms with van der Waals surface area (Å²) in [6.07, 6.45) is -0.821. The van der Waals surface area contributed by atoms with Crippen LogP contribution in [0.5, 0.6) is 11.5 Å². The Bertz CT molecular complexity index is 1120. The minimum Gasteiger partial charge on any atom is -0.508 e. The molecule has 3 aromatic rings. The maximum atomic E-state index is 13.1. The molecule has 1 saturated heterocycles.